The Balaban J connectivity index is 0. The molecule has 2 amide bonds. The lowest BCUT2D eigenvalue weighted by molar-refractivity contribution is -0.130. The third kappa shape index (κ3) is 14.1. The normalized spacial score (nSPS) is 15.1. The molecule has 0 aromatic carbocycles. The first-order valence-corrected chi connectivity index (χ1v) is 11.0. The molecule has 0 aliphatic heterocycles. The van der Waals surface area contributed by atoms with E-state index in [1.165, 1.54) is 0 Å². The molecule has 7 nitrogen and oxygen atoms in total. The van der Waals surface area contributed by atoms with Crippen molar-refractivity contribution in [3.8, 4) is 0 Å². The van der Waals surface area contributed by atoms with E-state index < -0.39 is 45.9 Å². The average Bonchev–Trinajstić information content (AvgIpc) is 2.42. The van der Waals surface area contributed by atoms with Crippen molar-refractivity contribution in [2.24, 2.45) is 23.5 Å². The number of hydrogen-bond acceptors (Lipinski definition) is 5. The minimum absolute atomic E-state index is 0. The third-order valence-corrected chi connectivity index (χ3v) is 4.71. The van der Waals surface area contributed by atoms with Crippen LogP contribution in [0.2, 0.25) is 0 Å². The van der Waals surface area contributed by atoms with Gasteiger partial charge in [-0.25, -0.2) is 0 Å². The van der Waals surface area contributed by atoms with Crippen molar-refractivity contribution in [3.63, 3.8) is 0 Å². The third-order valence-electron chi connectivity index (χ3n) is 3.90. The van der Waals surface area contributed by atoms with Crippen LogP contribution in [0.4, 0.5) is 3.89 Å². The lowest BCUT2D eigenvalue weighted by atomic mass is 9.99. The summed E-state index contributed by atoms with van der Waals surface area (Å²) in [6.45, 7) is 11.4. The summed E-state index contributed by atoms with van der Waals surface area (Å²) in [5.74, 6) is -1.34. The Morgan fingerprint density at radius 2 is 1.32 bits per heavy atom. The molecular formula is C18H37ClFN3O4S. The fourth-order valence-electron chi connectivity index (χ4n) is 2.88. The molecule has 3 atom stereocenters. The molecule has 4 N–H and O–H groups in total. The largest absolute Gasteiger partial charge is 0.350 e. The highest BCUT2D eigenvalue weighted by atomic mass is 35.5. The Morgan fingerprint density at radius 1 is 0.857 bits per heavy atom. The van der Waals surface area contributed by atoms with Crippen LogP contribution in [0.25, 0.3) is 0 Å². The van der Waals surface area contributed by atoms with Gasteiger partial charge < -0.3 is 16.4 Å². The zero-order valence-corrected chi connectivity index (χ0v) is 19.3. The second-order valence-corrected chi connectivity index (χ2v) is 9.88. The van der Waals surface area contributed by atoms with E-state index in [9.17, 15) is 21.9 Å². The number of carbonyl (C=O) groups excluding carboxylic acids is 2. The first-order chi connectivity index (χ1) is 12.2. The highest BCUT2D eigenvalue weighted by Crippen LogP contribution is 2.11. The Bertz CT molecular complexity index is 585. The summed E-state index contributed by atoms with van der Waals surface area (Å²) in [6, 6.07) is -2.44. The number of amides is 2. The molecule has 28 heavy (non-hydrogen) atoms. The van der Waals surface area contributed by atoms with E-state index in [-0.39, 0.29) is 30.2 Å². The van der Waals surface area contributed by atoms with Crippen molar-refractivity contribution in [1.82, 2.24) is 10.6 Å². The second-order valence-electron chi connectivity index (χ2n) is 8.47. The van der Waals surface area contributed by atoms with Gasteiger partial charge in [0.2, 0.25) is 11.8 Å². The monoisotopic (exact) mass is 445 g/mol. The summed E-state index contributed by atoms with van der Waals surface area (Å²) >= 11 is 0. The number of rotatable bonds is 12. The zero-order chi connectivity index (χ0) is 21.4. The molecule has 0 aromatic rings. The van der Waals surface area contributed by atoms with Gasteiger partial charge in [-0.3, -0.25) is 9.59 Å². The van der Waals surface area contributed by atoms with Crippen LogP contribution < -0.4 is 16.4 Å². The van der Waals surface area contributed by atoms with Crippen molar-refractivity contribution >= 4 is 34.4 Å². The first-order valence-electron chi connectivity index (χ1n) is 9.49. The molecular weight excluding hydrogens is 409 g/mol. The molecule has 0 aromatic heterocycles. The maximum atomic E-state index is 13.1. The fourth-order valence-corrected chi connectivity index (χ4v) is 3.58. The number of carbonyl (C=O) groups is 2. The maximum absolute atomic E-state index is 13.1. The summed E-state index contributed by atoms with van der Waals surface area (Å²) in [6.07, 6.45) is 1.16. The molecule has 0 radical (unpaired) electrons. The molecule has 0 unspecified atom stereocenters. The highest BCUT2D eigenvalue weighted by molar-refractivity contribution is 7.86. The lowest BCUT2D eigenvalue weighted by Crippen LogP contribution is -2.54. The first kappa shape index (κ1) is 29.3. The van der Waals surface area contributed by atoms with Gasteiger partial charge in [-0.2, -0.15) is 8.42 Å². The van der Waals surface area contributed by atoms with Gasteiger partial charge in [-0.05, 0) is 37.0 Å². The highest BCUT2D eigenvalue weighted by Gasteiger charge is 2.28. The maximum Gasteiger partial charge on any atom is 0.304 e. The zero-order valence-electron chi connectivity index (χ0n) is 17.7. The van der Waals surface area contributed by atoms with E-state index in [2.05, 4.69) is 10.6 Å². The van der Waals surface area contributed by atoms with E-state index in [0.29, 0.717) is 19.3 Å². The molecule has 0 saturated heterocycles. The van der Waals surface area contributed by atoms with Crippen LogP contribution in [0.1, 0.15) is 60.8 Å². The van der Waals surface area contributed by atoms with Crippen LogP contribution in [0.15, 0.2) is 0 Å². The van der Waals surface area contributed by atoms with Crippen molar-refractivity contribution in [1.29, 1.82) is 0 Å². The topological polar surface area (TPSA) is 118 Å². The van der Waals surface area contributed by atoms with Crippen LogP contribution >= 0.6 is 12.4 Å². The lowest BCUT2D eigenvalue weighted by Gasteiger charge is -2.26. The molecule has 0 rings (SSSR count). The van der Waals surface area contributed by atoms with Gasteiger partial charge in [-0.1, -0.05) is 41.5 Å². The van der Waals surface area contributed by atoms with Crippen molar-refractivity contribution in [2.75, 3.05) is 5.75 Å². The molecule has 0 fully saturated rings. The molecule has 10 heteroatoms. The van der Waals surface area contributed by atoms with Gasteiger partial charge in [0.25, 0.3) is 0 Å². The van der Waals surface area contributed by atoms with Gasteiger partial charge in [0.15, 0.2) is 0 Å². The van der Waals surface area contributed by atoms with E-state index in [4.69, 9.17) is 5.73 Å². The Hall–Kier alpha value is -0.930. The van der Waals surface area contributed by atoms with Crippen molar-refractivity contribution in [3.05, 3.63) is 0 Å². The molecule has 168 valence electrons. The van der Waals surface area contributed by atoms with Gasteiger partial charge in [0, 0.05) is 6.04 Å². The second kappa shape index (κ2) is 13.3. The van der Waals surface area contributed by atoms with E-state index in [1.54, 1.807) is 0 Å². The van der Waals surface area contributed by atoms with Crippen LogP contribution in [0, 0.1) is 17.8 Å². The van der Waals surface area contributed by atoms with Crippen molar-refractivity contribution < 1.29 is 21.9 Å². The summed E-state index contributed by atoms with van der Waals surface area (Å²) in [5, 5.41) is 5.24. The summed E-state index contributed by atoms with van der Waals surface area (Å²) < 4.78 is 35.2. The SMILES string of the molecule is CC(C)C[C@@H](CS(=O)(=O)F)NC(=O)[C@H](CC(C)C)NC(=O)[C@@H](N)CC(C)C.Cl. The summed E-state index contributed by atoms with van der Waals surface area (Å²) in [7, 11) is -4.74. The Labute approximate surface area is 175 Å². The number of nitrogens with two attached hydrogens (primary N) is 1. The van der Waals surface area contributed by atoms with Crippen molar-refractivity contribution in [2.45, 2.75) is 78.9 Å². The van der Waals surface area contributed by atoms with Crippen LogP contribution in [-0.2, 0) is 19.8 Å². The van der Waals surface area contributed by atoms with Crippen LogP contribution in [-0.4, -0.2) is 44.1 Å². The van der Waals surface area contributed by atoms with Gasteiger partial charge >= 0.3 is 10.2 Å². The molecule has 0 aliphatic carbocycles. The van der Waals surface area contributed by atoms with Gasteiger partial charge in [-0.15, -0.1) is 16.3 Å². The Kier molecular flexibility index (Phi) is 13.9. The van der Waals surface area contributed by atoms with E-state index in [1.807, 2.05) is 41.5 Å². The number of hydrogen-bond donors (Lipinski definition) is 3. The quantitative estimate of drug-likeness (QED) is 0.397. The molecule has 0 aliphatic rings. The van der Waals surface area contributed by atoms with Crippen LogP contribution in [0.5, 0.6) is 0 Å². The smallest absolute Gasteiger partial charge is 0.304 e. The summed E-state index contributed by atoms with van der Waals surface area (Å²) in [5.41, 5.74) is 5.88. The standard InChI is InChI=1S/C18H36FN3O4S.ClH/c1-11(2)7-14(10-27(19,25)26)21-18(24)16(9-13(5)6)22-17(23)15(20)8-12(3)4;/h11-16H,7-10,20H2,1-6H3,(H,21,24)(H,22,23);1H/t14-,15-,16-;/m0./s1. The Morgan fingerprint density at radius 3 is 1.71 bits per heavy atom. The minimum atomic E-state index is -4.74. The molecule has 0 heterocycles. The average molecular weight is 446 g/mol. The van der Waals surface area contributed by atoms with Crippen LogP contribution in [0.3, 0.4) is 0 Å². The molecule has 0 bridgehead atoms. The van der Waals surface area contributed by atoms with E-state index in [0.717, 1.165) is 0 Å². The minimum Gasteiger partial charge on any atom is -0.350 e. The van der Waals surface area contributed by atoms with E-state index >= 15 is 0 Å². The number of nitrogens with one attached hydrogen (secondary N) is 2. The molecule has 0 saturated carbocycles. The van der Waals surface area contributed by atoms with Gasteiger partial charge in [0.1, 0.15) is 11.8 Å². The fraction of sp³-hybridized carbons (Fsp3) is 0.889. The summed E-state index contributed by atoms with van der Waals surface area (Å²) in [4.78, 5) is 24.9. The number of halogens is 2. The van der Waals surface area contributed by atoms with Gasteiger partial charge in [0.05, 0.1) is 6.04 Å². The predicted octanol–water partition coefficient (Wildman–Crippen LogP) is 2.14. The predicted molar refractivity (Wildman–Crippen MR) is 112 cm³/mol. The molecule has 0 spiro atoms.